The van der Waals surface area contributed by atoms with Gasteiger partial charge in [0.1, 0.15) is 0 Å². The van der Waals surface area contributed by atoms with E-state index in [1.165, 1.54) is 0 Å². The average molecular weight is 431 g/mol. The molecule has 0 N–H and O–H groups in total. The second kappa shape index (κ2) is 2.73. The third kappa shape index (κ3) is 57.0. The van der Waals surface area contributed by atoms with Crippen molar-refractivity contribution in [2.24, 2.45) is 0 Å². The van der Waals surface area contributed by atoms with Crippen LogP contribution in [-0.4, -0.2) is 29.6 Å². The van der Waals surface area contributed by atoms with Crippen LogP contribution < -0.4 is 0 Å². The van der Waals surface area contributed by atoms with E-state index in [1.807, 2.05) is 0 Å². The maximum absolute atomic E-state index is 5.29. The Morgan fingerprint density at radius 1 is 0.625 bits per heavy atom. The molecule has 0 saturated carbocycles. The van der Waals surface area contributed by atoms with Crippen LogP contribution in [0.4, 0.5) is 0 Å². The maximum atomic E-state index is 5.05. The fraction of sp³-hybridized carbons (Fsp3) is 0. The molecule has 0 spiro atoms. The minimum absolute atomic E-state index is 0. The van der Waals surface area contributed by atoms with Gasteiger partial charge in [0.2, 0.25) is 0 Å². The zero-order valence-corrected chi connectivity index (χ0v) is 12.4. The smallest absolute Gasteiger partial charge is 0 e. The monoisotopic (exact) mass is 428 g/mol. The quantitative estimate of drug-likeness (QED) is 0.513. The maximum Gasteiger partial charge on any atom is 0 e. The summed E-state index contributed by atoms with van der Waals surface area (Å²) in [6.45, 7) is 0. The second-order valence-electron chi connectivity index (χ2n) is 0.678. The van der Waals surface area contributed by atoms with Crippen LogP contribution >= 0.6 is 56.5 Å². The van der Waals surface area contributed by atoms with Gasteiger partial charge in [-0.2, -0.15) is 0 Å². The summed E-state index contributed by atoms with van der Waals surface area (Å²) >= 11 is 0. The van der Waals surface area contributed by atoms with Crippen molar-refractivity contribution >= 4 is 86.1 Å². The molecular formula is Cl6NaPt. The van der Waals surface area contributed by atoms with Crippen molar-refractivity contribution < 1.29 is 7.31 Å². The summed E-state index contributed by atoms with van der Waals surface area (Å²) in [4.78, 5) is 0. The molecule has 0 atom stereocenters. The fourth-order valence-corrected chi connectivity index (χ4v) is 0. The molecule has 0 aromatic carbocycles. The van der Waals surface area contributed by atoms with Crippen LogP contribution in [0, 0.1) is 0 Å². The standard InChI is InChI=1S/6ClH.Na.Pt/h6*1H;;/q;;;;;;;+6/p-6. The molecule has 0 saturated heterocycles. The minimum atomic E-state index is -5.29. The first-order valence-electron chi connectivity index (χ1n) is 0.717. The van der Waals surface area contributed by atoms with Crippen LogP contribution in [-0.2, 0) is 7.31 Å². The fourth-order valence-electron chi connectivity index (χ4n) is 0. The molecular weight excluding hydrogens is 431 g/mol. The Hall–Kier alpha value is 3.43. The Morgan fingerprint density at radius 3 is 0.625 bits per heavy atom. The van der Waals surface area contributed by atoms with Gasteiger partial charge in [-0.1, -0.05) is 0 Å². The normalized spacial score (nSPS) is 20.2. The molecule has 0 aliphatic carbocycles. The first-order valence-corrected chi connectivity index (χ1v) is 17.6. The Labute approximate surface area is 91.4 Å². The van der Waals surface area contributed by atoms with Crippen molar-refractivity contribution in [1.29, 1.82) is 0 Å². The Kier molecular flexibility index (Phi) is 4.77. The van der Waals surface area contributed by atoms with Gasteiger partial charge in [-0.15, -0.1) is 0 Å². The summed E-state index contributed by atoms with van der Waals surface area (Å²) in [6, 6.07) is 0. The van der Waals surface area contributed by atoms with Crippen molar-refractivity contribution in [1.82, 2.24) is 0 Å². The summed E-state index contributed by atoms with van der Waals surface area (Å²) in [5, 5.41) is 0. The molecule has 0 unspecified atom stereocenters. The number of hydrogen-bond donors (Lipinski definition) is 0. The van der Waals surface area contributed by atoms with Gasteiger partial charge < -0.3 is 0 Å². The number of hydrogen-bond acceptors (Lipinski definition) is 0. The van der Waals surface area contributed by atoms with E-state index >= 15 is 0 Å². The molecule has 0 bridgehead atoms. The zero-order chi connectivity index (χ0) is 6.41. The van der Waals surface area contributed by atoms with Crippen LogP contribution in [0.25, 0.3) is 0 Å². The largest absolute Gasteiger partial charge is 0 e. The Balaban J connectivity index is 0. The van der Waals surface area contributed by atoms with E-state index in [1.54, 1.807) is 0 Å². The van der Waals surface area contributed by atoms with Gasteiger partial charge >= 0.3 is 63.8 Å². The topological polar surface area (TPSA) is 0 Å². The van der Waals surface area contributed by atoms with E-state index in [0.29, 0.717) is 0 Å². The summed E-state index contributed by atoms with van der Waals surface area (Å²) in [6.07, 6.45) is 0. The molecule has 8 heavy (non-hydrogen) atoms. The Bertz CT molecular complexity index is 67.1. The second-order valence-corrected chi connectivity index (χ2v) is 49.9. The SMILES string of the molecule is [Cl][Pt]([Cl])([Cl])([Cl])([Cl])[Cl].[Na]. The van der Waals surface area contributed by atoms with Gasteiger partial charge in [-0.05, 0) is 0 Å². The summed E-state index contributed by atoms with van der Waals surface area (Å²) in [5.41, 5.74) is 0. The molecule has 0 heterocycles. The third-order valence-electron chi connectivity index (χ3n) is 0. The van der Waals surface area contributed by atoms with E-state index in [9.17, 15) is 0 Å². The molecule has 0 nitrogen and oxygen atoms in total. The third-order valence-corrected chi connectivity index (χ3v) is 0. The molecule has 0 aromatic heterocycles. The predicted molar refractivity (Wildman–Crippen MR) is 40.9 cm³/mol. The van der Waals surface area contributed by atoms with Crippen molar-refractivity contribution in [3.63, 3.8) is 0 Å². The molecule has 0 rings (SSSR count). The van der Waals surface area contributed by atoms with Crippen LogP contribution in [0.15, 0.2) is 0 Å². The number of halogens is 6. The Morgan fingerprint density at radius 2 is 0.625 bits per heavy atom. The first kappa shape index (κ1) is 14.0. The van der Waals surface area contributed by atoms with E-state index in [2.05, 4.69) is 0 Å². The van der Waals surface area contributed by atoms with E-state index < -0.39 is 7.31 Å². The molecule has 1 radical (unpaired) electrons. The molecule has 8 heteroatoms. The zero-order valence-electron chi connectivity index (χ0n) is 3.58. The average Bonchev–Trinajstić information content (AvgIpc) is 0.592. The summed E-state index contributed by atoms with van der Waals surface area (Å²) in [7, 11) is 25.0. The van der Waals surface area contributed by atoms with E-state index in [0.717, 1.165) is 0 Å². The van der Waals surface area contributed by atoms with Crippen molar-refractivity contribution in [2.45, 2.75) is 0 Å². The molecule has 0 aliphatic rings. The van der Waals surface area contributed by atoms with Crippen LogP contribution in [0.2, 0.25) is 0 Å². The summed E-state index contributed by atoms with van der Waals surface area (Å²) in [5.74, 6) is 0. The van der Waals surface area contributed by atoms with E-state index in [4.69, 9.17) is 56.5 Å². The first-order chi connectivity index (χ1) is 2.45. The van der Waals surface area contributed by atoms with Gasteiger partial charge in [0, 0.05) is 29.6 Å². The van der Waals surface area contributed by atoms with Gasteiger partial charge in [-0.3, -0.25) is 0 Å². The molecule has 0 fully saturated rings. The van der Waals surface area contributed by atoms with Crippen molar-refractivity contribution in [2.75, 3.05) is 0 Å². The van der Waals surface area contributed by atoms with Crippen LogP contribution in [0.5, 0.6) is 0 Å². The van der Waals surface area contributed by atoms with E-state index in [-0.39, 0.29) is 29.6 Å². The van der Waals surface area contributed by atoms with Gasteiger partial charge in [-0.25, -0.2) is 0 Å². The van der Waals surface area contributed by atoms with Gasteiger partial charge in [0.15, 0.2) is 0 Å². The van der Waals surface area contributed by atoms with Crippen molar-refractivity contribution in [3.8, 4) is 0 Å². The van der Waals surface area contributed by atoms with Gasteiger partial charge in [0.25, 0.3) is 0 Å². The summed E-state index contributed by atoms with van der Waals surface area (Å²) < 4.78 is 0. The van der Waals surface area contributed by atoms with Crippen LogP contribution in [0.1, 0.15) is 0 Å². The van der Waals surface area contributed by atoms with Crippen LogP contribution in [0.3, 0.4) is 0 Å². The molecule has 0 aromatic rings. The molecule has 0 aliphatic heterocycles. The molecule has 53 valence electrons. The predicted octanol–water partition coefficient (Wildman–Crippen LogP) is 3.75. The minimum Gasteiger partial charge on any atom is 0 e. The molecule has 0 amide bonds. The van der Waals surface area contributed by atoms with Gasteiger partial charge in [0.05, 0.1) is 0 Å². The van der Waals surface area contributed by atoms with Crippen molar-refractivity contribution in [3.05, 3.63) is 0 Å². The number of rotatable bonds is 0.